The summed E-state index contributed by atoms with van der Waals surface area (Å²) in [4.78, 5) is 11.8. The van der Waals surface area contributed by atoms with Crippen LogP contribution in [0.15, 0.2) is 28.8 Å². The van der Waals surface area contributed by atoms with Crippen LogP contribution in [-0.4, -0.2) is 16.2 Å². The maximum Gasteiger partial charge on any atom is 0.314 e. The van der Waals surface area contributed by atoms with Crippen LogP contribution >= 0.6 is 0 Å². The molecule has 1 aliphatic carbocycles. The van der Waals surface area contributed by atoms with Crippen molar-refractivity contribution in [3.05, 3.63) is 41.3 Å². The van der Waals surface area contributed by atoms with Gasteiger partial charge >= 0.3 is 5.97 Å². The van der Waals surface area contributed by atoms with Gasteiger partial charge in [-0.1, -0.05) is 36.2 Å². The minimum atomic E-state index is -0.727. The van der Waals surface area contributed by atoms with E-state index in [0.717, 1.165) is 41.0 Å². The standard InChI is InChI=1S/C17H19NO3/c1-11-15(12(2)21-18-11)13-6-5-7-14(10-13)17(16(19)20)8-3-4-9-17/h5-7,10H,3-4,8-9H2,1-2H3,(H,19,20). The number of hydrogen-bond acceptors (Lipinski definition) is 3. The van der Waals surface area contributed by atoms with Crippen LogP contribution in [0.1, 0.15) is 42.7 Å². The Labute approximate surface area is 123 Å². The molecule has 1 heterocycles. The average Bonchev–Trinajstić information content (AvgIpc) is 3.07. The quantitative estimate of drug-likeness (QED) is 0.930. The van der Waals surface area contributed by atoms with E-state index in [0.29, 0.717) is 12.8 Å². The molecular weight excluding hydrogens is 266 g/mol. The Morgan fingerprint density at radius 2 is 2.00 bits per heavy atom. The van der Waals surface area contributed by atoms with Crippen LogP contribution < -0.4 is 0 Å². The summed E-state index contributed by atoms with van der Waals surface area (Å²) in [5, 5.41) is 13.7. The lowest BCUT2D eigenvalue weighted by molar-refractivity contribution is -0.143. The van der Waals surface area contributed by atoms with Gasteiger partial charge in [-0.05, 0) is 43.9 Å². The highest BCUT2D eigenvalue weighted by Crippen LogP contribution is 2.42. The molecule has 1 aromatic carbocycles. The first-order valence-electron chi connectivity index (χ1n) is 7.32. The van der Waals surface area contributed by atoms with Crippen LogP contribution in [0.4, 0.5) is 0 Å². The Morgan fingerprint density at radius 1 is 1.29 bits per heavy atom. The fourth-order valence-electron chi connectivity index (χ4n) is 3.47. The van der Waals surface area contributed by atoms with Gasteiger partial charge in [0.2, 0.25) is 0 Å². The fraction of sp³-hybridized carbons (Fsp3) is 0.412. The minimum absolute atomic E-state index is 0.712. The zero-order valence-corrected chi connectivity index (χ0v) is 12.3. The van der Waals surface area contributed by atoms with Crippen LogP contribution in [0, 0.1) is 13.8 Å². The van der Waals surface area contributed by atoms with Crippen molar-refractivity contribution in [2.75, 3.05) is 0 Å². The number of nitrogens with zero attached hydrogens (tertiary/aromatic N) is 1. The minimum Gasteiger partial charge on any atom is -0.481 e. The molecule has 0 radical (unpaired) electrons. The first kappa shape index (κ1) is 13.9. The zero-order chi connectivity index (χ0) is 15.0. The summed E-state index contributed by atoms with van der Waals surface area (Å²) in [6, 6.07) is 7.84. The molecule has 0 amide bonds. The second-order valence-corrected chi connectivity index (χ2v) is 5.87. The summed E-state index contributed by atoms with van der Waals surface area (Å²) < 4.78 is 5.22. The van der Waals surface area contributed by atoms with E-state index in [-0.39, 0.29) is 0 Å². The normalized spacial score (nSPS) is 17.0. The average molecular weight is 285 g/mol. The molecule has 4 heteroatoms. The zero-order valence-electron chi connectivity index (χ0n) is 12.3. The Balaban J connectivity index is 2.11. The molecule has 0 saturated heterocycles. The fourth-order valence-corrected chi connectivity index (χ4v) is 3.47. The highest BCUT2D eigenvalue weighted by Gasteiger charge is 2.42. The number of rotatable bonds is 3. The molecule has 110 valence electrons. The van der Waals surface area contributed by atoms with Crippen molar-refractivity contribution in [3.8, 4) is 11.1 Å². The molecule has 2 aromatic rings. The third-order valence-corrected chi connectivity index (χ3v) is 4.60. The van der Waals surface area contributed by atoms with Crippen LogP contribution in [0.25, 0.3) is 11.1 Å². The van der Waals surface area contributed by atoms with Crippen molar-refractivity contribution in [2.24, 2.45) is 0 Å². The number of hydrogen-bond donors (Lipinski definition) is 1. The number of aryl methyl sites for hydroxylation is 2. The molecule has 1 saturated carbocycles. The predicted octanol–water partition coefficient (Wildman–Crippen LogP) is 3.85. The maximum absolute atomic E-state index is 11.8. The summed E-state index contributed by atoms with van der Waals surface area (Å²) in [6.07, 6.45) is 3.38. The number of carboxylic acids is 1. The number of carbonyl (C=O) groups is 1. The van der Waals surface area contributed by atoms with E-state index >= 15 is 0 Å². The maximum atomic E-state index is 11.8. The van der Waals surface area contributed by atoms with Gasteiger partial charge in [0.15, 0.2) is 0 Å². The van der Waals surface area contributed by atoms with Crippen molar-refractivity contribution >= 4 is 5.97 Å². The number of aromatic nitrogens is 1. The lowest BCUT2D eigenvalue weighted by atomic mass is 9.78. The lowest BCUT2D eigenvalue weighted by Gasteiger charge is -2.24. The monoisotopic (exact) mass is 285 g/mol. The SMILES string of the molecule is Cc1noc(C)c1-c1cccc(C2(C(=O)O)CCCC2)c1. The second kappa shape index (κ2) is 5.02. The van der Waals surface area contributed by atoms with Crippen LogP contribution in [0.3, 0.4) is 0 Å². The molecule has 0 unspecified atom stereocenters. The molecule has 1 aromatic heterocycles. The lowest BCUT2D eigenvalue weighted by Crippen LogP contribution is -2.32. The van der Waals surface area contributed by atoms with Crippen molar-refractivity contribution in [1.29, 1.82) is 0 Å². The molecule has 1 aliphatic rings. The number of aliphatic carboxylic acids is 1. The smallest absolute Gasteiger partial charge is 0.314 e. The molecule has 0 atom stereocenters. The molecule has 1 N–H and O–H groups in total. The van der Waals surface area contributed by atoms with Gasteiger partial charge in [-0.25, -0.2) is 0 Å². The highest BCUT2D eigenvalue weighted by atomic mass is 16.5. The Kier molecular flexibility index (Phi) is 3.32. The molecule has 3 rings (SSSR count). The van der Waals surface area contributed by atoms with Crippen molar-refractivity contribution in [1.82, 2.24) is 5.16 Å². The van der Waals surface area contributed by atoms with Crippen LogP contribution in [0.5, 0.6) is 0 Å². The van der Waals surface area contributed by atoms with Gasteiger partial charge in [-0.15, -0.1) is 0 Å². The van der Waals surface area contributed by atoms with Gasteiger partial charge in [0, 0.05) is 5.56 Å². The first-order valence-corrected chi connectivity index (χ1v) is 7.32. The van der Waals surface area contributed by atoms with Crippen molar-refractivity contribution in [2.45, 2.75) is 44.9 Å². The van der Waals surface area contributed by atoms with Gasteiger partial charge in [-0.2, -0.15) is 0 Å². The van der Waals surface area contributed by atoms with E-state index in [1.165, 1.54) is 0 Å². The Hall–Kier alpha value is -2.10. The predicted molar refractivity (Wildman–Crippen MR) is 79.2 cm³/mol. The first-order chi connectivity index (χ1) is 10.0. The van der Waals surface area contributed by atoms with Gasteiger partial charge in [0.1, 0.15) is 5.76 Å². The third-order valence-electron chi connectivity index (χ3n) is 4.60. The highest BCUT2D eigenvalue weighted by molar-refractivity contribution is 5.83. The van der Waals surface area contributed by atoms with E-state index in [2.05, 4.69) is 5.16 Å². The molecule has 0 bridgehead atoms. The molecule has 4 nitrogen and oxygen atoms in total. The second-order valence-electron chi connectivity index (χ2n) is 5.87. The van der Waals surface area contributed by atoms with Crippen molar-refractivity contribution in [3.63, 3.8) is 0 Å². The molecule has 21 heavy (non-hydrogen) atoms. The molecule has 0 spiro atoms. The summed E-state index contributed by atoms with van der Waals surface area (Å²) in [7, 11) is 0. The largest absolute Gasteiger partial charge is 0.481 e. The number of benzene rings is 1. The van der Waals surface area contributed by atoms with Gasteiger partial charge < -0.3 is 9.63 Å². The summed E-state index contributed by atoms with van der Waals surface area (Å²) >= 11 is 0. The number of carboxylic acid groups (broad SMARTS) is 1. The van der Waals surface area contributed by atoms with Gasteiger partial charge in [0.25, 0.3) is 0 Å². The van der Waals surface area contributed by atoms with E-state index < -0.39 is 11.4 Å². The Bertz CT molecular complexity index is 662. The van der Waals surface area contributed by atoms with Crippen molar-refractivity contribution < 1.29 is 14.4 Å². The van der Waals surface area contributed by atoms with Gasteiger partial charge in [-0.3, -0.25) is 4.79 Å². The van der Waals surface area contributed by atoms with E-state index in [1.54, 1.807) is 0 Å². The van der Waals surface area contributed by atoms with Crippen LogP contribution in [0.2, 0.25) is 0 Å². The third kappa shape index (κ3) is 2.15. The Morgan fingerprint density at radius 3 is 2.57 bits per heavy atom. The molecule has 0 aliphatic heterocycles. The summed E-state index contributed by atoms with van der Waals surface area (Å²) in [5.41, 5.74) is 2.95. The van der Waals surface area contributed by atoms with Gasteiger partial charge in [0.05, 0.1) is 11.1 Å². The molecule has 1 fully saturated rings. The van der Waals surface area contributed by atoms with E-state index in [9.17, 15) is 9.90 Å². The molecular formula is C17H19NO3. The topological polar surface area (TPSA) is 63.3 Å². The summed E-state index contributed by atoms with van der Waals surface area (Å²) in [5.74, 6) is 0.0522. The van der Waals surface area contributed by atoms with E-state index in [1.807, 2.05) is 38.1 Å². The van der Waals surface area contributed by atoms with E-state index in [4.69, 9.17) is 4.52 Å². The van der Waals surface area contributed by atoms with Crippen LogP contribution in [-0.2, 0) is 10.2 Å². The summed E-state index contributed by atoms with van der Waals surface area (Å²) in [6.45, 7) is 3.78.